The van der Waals surface area contributed by atoms with Gasteiger partial charge >= 0.3 is 0 Å². The van der Waals surface area contributed by atoms with Crippen LogP contribution in [0.15, 0.2) is 17.5 Å². The van der Waals surface area contributed by atoms with E-state index in [1.54, 1.807) is 0 Å². The van der Waals surface area contributed by atoms with E-state index in [4.69, 9.17) is 0 Å². The molecule has 126 valence electrons. The highest BCUT2D eigenvalue weighted by Crippen LogP contribution is 2.31. The highest BCUT2D eigenvalue weighted by Gasteiger charge is 2.37. The summed E-state index contributed by atoms with van der Waals surface area (Å²) in [6.07, 6.45) is 3.93. The van der Waals surface area contributed by atoms with Gasteiger partial charge in [0.1, 0.15) is 0 Å². The highest BCUT2D eigenvalue weighted by atomic mass is 32.1. The Morgan fingerprint density at radius 2 is 1.96 bits per heavy atom. The number of amides is 2. The second-order valence-corrected chi connectivity index (χ2v) is 8.11. The molecule has 2 fully saturated rings. The van der Waals surface area contributed by atoms with E-state index in [9.17, 15) is 9.59 Å². The molecule has 23 heavy (non-hydrogen) atoms. The van der Waals surface area contributed by atoms with Gasteiger partial charge in [0.05, 0.1) is 4.88 Å². The van der Waals surface area contributed by atoms with Crippen molar-refractivity contribution in [2.24, 2.45) is 11.8 Å². The van der Waals surface area contributed by atoms with E-state index in [0.717, 1.165) is 37.1 Å². The lowest BCUT2D eigenvalue weighted by Crippen LogP contribution is -2.45. The molecule has 1 aliphatic heterocycles. The average molecular weight is 334 g/mol. The summed E-state index contributed by atoms with van der Waals surface area (Å²) in [6.45, 7) is 6.62. The van der Waals surface area contributed by atoms with Gasteiger partial charge in [0.15, 0.2) is 0 Å². The van der Waals surface area contributed by atoms with Gasteiger partial charge in [-0.25, -0.2) is 0 Å². The van der Waals surface area contributed by atoms with Crippen LogP contribution in [0, 0.1) is 11.8 Å². The Bertz CT molecular complexity index is 543. The number of likely N-dealkylation sites (tertiary alicyclic amines) is 1. The molecule has 2 aliphatic rings. The van der Waals surface area contributed by atoms with Crippen LogP contribution < -0.4 is 0 Å². The van der Waals surface area contributed by atoms with E-state index in [1.165, 1.54) is 11.3 Å². The molecule has 1 aliphatic carbocycles. The Morgan fingerprint density at radius 1 is 1.26 bits per heavy atom. The Morgan fingerprint density at radius 3 is 2.48 bits per heavy atom. The molecule has 1 aromatic rings. The number of carbonyl (C=O) groups excluding carboxylic acids is 2. The van der Waals surface area contributed by atoms with Crippen molar-refractivity contribution in [2.45, 2.75) is 45.6 Å². The number of hydrogen-bond acceptors (Lipinski definition) is 3. The van der Waals surface area contributed by atoms with Crippen LogP contribution in [0.5, 0.6) is 0 Å². The maximum Gasteiger partial charge on any atom is 0.263 e. The molecule has 0 bridgehead atoms. The van der Waals surface area contributed by atoms with Crippen LogP contribution >= 0.6 is 11.3 Å². The fraction of sp³-hybridized carbons (Fsp3) is 0.667. The molecule has 4 nitrogen and oxygen atoms in total. The number of piperidine rings is 1. The SMILES string of the molecule is CC(C)CN(C(=O)C1CCN(C(=O)c2cccs2)CC1)C1CC1. The molecule has 2 amide bonds. The quantitative estimate of drug-likeness (QED) is 0.829. The minimum absolute atomic E-state index is 0.0988. The largest absolute Gasteiger partial charge is 0.339 e. The third-order valence-corrected chi connectivity index (χ3v) is 5.55. The van der Waals surface area contributed by atoms with Crippen molar-refractivity contribution in [1.82, 2.24) is 9.80 Å². The van der Waals surface area contributed by atoms with Crippen LogP contribution in [0.25, 0.3) is 0 Å². The fourth-order valence-corrected chi connectivity index (χ4v) is 4.01. The standard InChI is InChI=1S/C18H26N2O2S/c1-13(2)12-20(15-5-6-15)17(21)14-7-9-19(10-8-14)18(22)16-4-3-11-23-16/h3-4,11,13-15H,5-10,12H2,1-2H3. The van der Waals surface area contributed by atoms with Crippen molar-refractivity contribution < 1.29 is 9.59 Å². The van der Waals surface area contributed by atoms with Crippen molar-refractivity contribution in [2.75, 3.05) is 19.6 Å². The highest BCUT2D eigenvalue weighted by molar-refractivity contribution is 7.12. The Kier molecular flexibility index (Phi) is 5.05. The lowest BCUT2D eigenvalue weighted by molar-refractivity contribution is -0.138. The zero-order chi connectivity index (χ0) is 16.4. The smallest absolute Gasteiger partial charge is 0.263 e. The van der Waals surface area contributed by atoms with Gasteiger partial charge in [0, 0.05) is 31.6 Å². The third kappa shape index (κ3) is 3.94. The summed E-state index contributed by atoms with van der Waals surface area (Å²) < 4.78 is 0. The van der Waals surface area contributed by atoms with Gasteiger partial charge in [0.2, 0.25) is 5.91 Å². The Labute approximate surface area is 142 Å². The summed E-state index contributed by atoms with van der Waals surface area (Å²) in [5.41, 5.74) is 0. The van der Waals surface area contributed by atoms with E-state index in [2.05, 4.69) is 18.7 Å². The lowest BCUT2D eigenvalue weighted by Gasteiger charge is -2.35. The summed E-state index contributed by atoms with van der Waals surface area (Å²) >= 11 is 1.49. The van der Waals surface area contributed by atoms with Crippen molar-refractivity contribution in [3.05, 3.63) is 22.4 Å². The van der Waals surface area contributed by atoms with Crippen molar-refractivity contribution in [1.29, 1.82) is 0 Å². The first-order valence-electron chi connectivity index (χ1n) is 8.69. The van der Waals surface area contributed by atoms with Crippen molar-refractivity contribution >= 4 is 23.2 Å². The van der Waals surface area contributed by atoms with Gasteiger partial charge in [-0.15, -0.1) is 11.3 Å². The van der Waals surface area contributed by atoms with E-state index in [-0.39, 0.29) is 11.8 Å². The molecule has 0 N–H and O–H groups in total. The van der Waals surface area contributed by atoms with Crippen LogP contribution in [0.3, 0.4) is 0 Å². The fourth-order valence-electron chi connectivity index (χ4n) is 3.32. The maximum absolute atomic E-state index is 12.8. The monoisotopic (exact) mass is 334 g/mol. The van der Waals surface area contributed by atoms with Crippen LogP contribution in [0.1, 0.15) is 49.2 Å². The number of hydrogen-bond donors (Lipinski definition) is 0. The minimum atomic E-state index is 0.0988. The van der Waals surface area contributed by atoms with Crippen molar-refractivity contribution in [3.8, 4) is 0 Å². The van der Waals surface area contributed by atoms with Gasteiger partial charge < -0.3 is 9.80 Å². The average Bonchev–Trinajstić information content (AvgIpc) is 3.25. The topological polar surface area (TPSA) is 40.6 Å². The molecule has 0 radical (unpaired) electrons. The van der Waals surface area contributed by atoms with Gasteiger partial charge in [0.25, 0.3) is 5.91 Å². The predicted molar refractivity (Wildman–Crippen MR) is 92.5 cm³/mol. The Balaban J connectivity index is 1.55. The zero-order valence-corrected chi connectivity index (χ0v) is 14.8. The van der Waals surface area contributed by atoms with Crippen LogP contribution in [0.4, 0.5) is 0 Å². The van der Waals surface area contributed by atoms with E-state index >= 15 is 0 Å². The molecular weight excluding hydrogens is 308 g/mol. The summed E-state index contributed by atoms with van der Waals surface area (Å²) in [6, 6.07) is 4.27. The second kappa shape index (κ2) is 7.04. The zero-order valence-electron chi connectivity index (χ0n) is 14.0. The first-order valence-corrected chi connectivity index (χ1v) is 9.57. The van der Waals surface area contributed by atoms with E-state index in [0.29, 0.717) is 31.0 Å². The molecule has 0 atom stereocenters. The first-order chi connectivity index (χ1) is 11.1. The van der Waals surface area contributed by atoms with Gasteiger partial charge in [-0.2, -0.15) is 0 Å². The minimum Gasteiger partial charge on any atom is -0.339 e. The first kappa shape index (κ1) is 16.5. The summed E-state index contributed by atoms with van der Waals surface area (Å²) in [4.78, 5) is 30.0. The lowest BCUT2D eigenvalue weighted by atomic mass is 9.94. The van der Waals surface area contributed by atoms with E-state index in [1.807, 2.05) is 22.4 Å². The summed E-state index contributed by atoms with van der Waals surface area (Å²) in [5.74, 6) is 1.05. The van der Waals surface area contributed by atoms with Crippen LogP contribution in [-0.4, -0.2) is 47.3 Å². The molecule has 1 saturated heterocycles. The molecule has 5 heteroatoms. The Hall–Kier alpha value is -1.36. The van der Waals surface area contributed by atoms with Crippen LogP contribution in [0.2, 0.25) is 0 Å². The number of nitrogens with zero attached hydrogens (tertiary/aromatic N) is 2. The molecule has 1 saturated carbocycles. The van der Waals surface area contributed by atoms with Gasteiger partial charge in [-0.3, -0.25) is 9.59 Å². The number of carbonyl (C=O) groups is 2. The normalized spacial score (nSPS) is 19.2. The molecule has 0 spiro atoms. The molecular formula is C18H26N2O2S. The summed E-state index contributed by atoms with van der Waals surface area (Å²) in [5, 5.41) is 1.93. The second-order valence-electron chi connectivity index (χ2n) is 7.16. The number of thiophene rings is 1. The van der Waals surface area contributed by atoms with Crippen LogP contribution in [-0.2, 0) is 4.79 Å². The number of rotatable bonds is 5. The van der Waals surface area contributed by atoms with Crippen molar-refractivity contribution in [3.63, 3.8) is 0 Å². The molecule has 1 aromatic heterocycles. The molecule has 2 heterocycles. The predicted octanol–water partition coefficient (Wildman–Crippen LogP) is 3.25. The van der Waals surface area contributed by atoms with Gasteiger partial charge in [-0.1, -0.05) is 19.9 Å². The van der Waals surface area contributed by atoms with E-state index < -0.39 is 0 Å². The molecule has 0 unspecified atom stereocenters. The maximum atomic E-state index is 12.8. The third-order valence-electron chi connectivity index (χ3n) is 4.70. The van der Waals surface area contributed by atoms with Gasteiger partial charge in [-0.05, 0) is 43.0 Å². The summed E-state index contributed by atoms with van der Waals surface area (Å²) in [7, 11) is 0. The molecule has 3 rings (SSSR count). The molecule has 0 aromatic carbocycles.